The molecule has 0 spiro atoms. The number of thiazole rings is 1. The summed E-state index contributed by atoms with van der Waals surface area (Å²) < 4.78 is 0. The molecule has 1 aromatic heterocycles. The van der Waals surface area contributed by atoms with Crippen LogP contribution in [0.1, 0.15) is 28.4 Å². The highest BCUT2D eigenvalue weighted by molar-refractivity contribution is 7.99. The van der Waals surface area contributed by atoms with Gasteiger partial charge in [-0.2, -0.15) is 0 Å². The lowest BCUT2D eigenvalue weighted by Gasteiger charge is -2.04. The van der Waals surface area contributed by atoms with E-state index in [9.17, 15) is 4.79 Å². The van der Waals surface area contributed by atoms with Gasteiger partial charge < -0.3 is 0 Å². The SMILES string of the molecule is CCSc1cccc(C(=O)Nc2nc(-c3ccc(C)c(C)c3)cs2)c1. The number of carbonyl (C=O) groups is 1. The Labute approximate surface area is 156 Å². The molecule has 1 amide bonds. The first-order valence-corrected chi connectivity index (χ1v) is 10.0. The van der Waals surface area contributed by atoms with Crippen LogP contribution < -0.4 is 5.32 Å². The first-order chi connectivity index (χ1) is 12.1. The molecule has 0 bridgehead atoms. The van der Waals surface area contributed by atoms with Crippen LogP contribution in [0.5, 0.6) is 0 Å². The van der Waals surface area contributed by atoms with Crippen molar-refractivity contribution in [3.8, 4) is 11.3 Å². The van der Waals surface area contributed by atoms with E-state index in [0.29, 0.717) is 10.7 Å². The van der Waals surface area contributed by atoms with Gasteiger partial charge >= 0.3 is 0 Å². The van der Waals surface area contributed by atoms with Gasteiger partial charge in [-0.15, -0.1) is 23.1 Å². The summed E-state index contributed by atoms with van der Waals surface area (Å²) in [5.74, 6) is 0.858. The second kappa shape index (κ2) is 7.85. The normalized spacial score (nSPS) is 10.7. The second-order valence-corrected chi connectivity index (χ2v) is 7.95. The highest BCUT2D eigenvalue weighted by Crippen LogP contribution is 2.27. The van der Waals surface area contributed by atoms with Gasteiger partial charge in [-0.05, 0) is 55.0 Å². The summed E-state index contributed by atoms with van der Waals surface area (Å²) in [7, 11) is 0. The minimum absolute atomic E-state index is 0.125. The molecule has 5 heteroatoms. The van der Waals surface area contributed by atoms with E-state index in [4.69, 9.17) is 0 Å². The lowest BCUT2D eigenvalue weighted by molar-refractivity contribution is 0.102. The Morgan fingerprint density at radius 2 is 2.00 bits per heavy atom. The number of aromatic nitrogens is 1. The molecule has 0 fully saturated rings. The molecule has 0 unspecified atom stereocenters. The highest BCUT2D eigenvalue weighted by Gasteiger charge is 2.11. The minimum atomic E-state index is -0.125. The van der Waals surface area contributed by atoms with Crippen LogP contribution >= 0.6 is 23.1 Å². The zero-order valence-corrected chi connectivity index (χ0v) is 16.1. The van der Waals surface area contributed by atoms with E-state index in [-0.39, 0.29) is 5.91 Å². The Bertz CT molecular complexity index is 902. The quantitative estimate of drug-likeness (QED) is 0.579. The molecule has 3 aromatic rings. The molecule has 0 aliphatic carbocycles. The van der Waals surface area contributed by atoms with Gasteiger partial charge in [-0.1, -0.05) is 25.1 Å². The van der Waals surface area contributed by atoms with E-state index in [1.54, 1.807) is 11.8 Å². The molecule has 25 heavy (non-hydrogen) atoms. The Morgan fingerprint density at radius 1 is 1.16 bits per heavy atom. The van der Waals surface area contributed by atoms with Crippen molar-refractivity contribution < 1.29 is 4.79 Å². The van der Waals surface area contributed by atoms with Crippen LogP contribution in [0.15, 0.2) is 52.7 Å². The van der Waals surface area contributed by atoms with Crippen LogP contribution in [0.25, 0.3) is 11.3 Å². The maximum absolute atomic E-state index is 12.5. The standard InChI is InChI=1S/C20H20N2OS2/c1-4-24-17-7-5-6-16(11-17)19(23)22-20-21-18(12-25-20)15-9-8-13(2)14(3)10-15/h5-12H,4H2,1-3H3,(H,21,22,23). The number of anilines is 1. The summed E-state index contributed by atoms with van der Waals surface area (Å²) in [6.45, 7) is 6.28. The Kier molecular flexibility index (Phi) is 5.56. The molecule has 0 saturated carbocycles. The number of nitrogens with zero attached hydrogens (tertiary/aromatic N) is 1. The second-order valence-electron chi connectivity index (χ2n) is 5.75. The zero-order valence-electron chi connectivity index (χ0n) is 14.5. The summed E-state index contributed by atoms with van der Waals surface area (Å²) in [4.78, 5) is 18.1. The molecule has 3 rings (SSSR count). The fourth-order valence-electron chi connectivity index (χ4n) is 2.43. The molecule has 0 radical (unpaired) electrons. The molecule has 128 valence electrons. The summed E-state index contributed by atoms with van der Waals surface area (Å²) in [5, 5.41) is 5.50. The van der Waals surface area contributed by atoms with Crippen molar-refractivity contribution in [1.82, 2.24) is 4.98 Å². The third kappa shape index (κ3) is 4.30. The van der Waals surface area contributed by atoms with E-state index in [1.165, 1.54) is 22.5 Å². The van der Waals surface area contributed by atoms with Gasteiger partial charge in [-0.3, -0.25) is 10.1 Å². The van der Waals surface area contributed by atoms with Gasteiger partial charge in [0.1, 0.15) is 0 Å². The van der Waals surface area contributed by atoms with Crippen molar-refractivity contribution in [2.24, 2.45) is 0 Å². The number of hydrogen-bond donors (Lipinski definition) is 1. The number of hydrogen-bond acceptors (Lipinski definition) is 4. The topological polar surface area (TPSA) is 42.0 Å². The molecule has 3 nitrogen and oxygen atoms in total. The third-order valence-electron chi connectivity index (χ3n) is 3.93. The highest BCUT2D eigenvalue weighted by atomic mass is 32.2. The van der Waals surface area contributed by atoms with Gasteiger partial charge in [0.05, 0.1) is 5.69 Å². The molecule has 1 N–H and O–H groups in total. The molecule has 0 aliphatic heterocycles. The number of nitrogens with one attached hydrogen (secondary N) is 1. The number of carbonyl (C=O) groups excluding carboxylic acids is 1. The van der Waals surface area contributed by atoms with E-state index >= 15 is 0 Å². The van der Waals surface area contributed by atoms with Crippen LogP contribution in [0.4, 0.5) is 5.13 Å². The van der Waals surface area contributed by atoms with Crippen LogP contribution in [0, 0.1) is 13.8 Å². The van der Waals surface area contributed by atoms with Crippen molar-refractivity contribution in [1.29, 1.82) is 0 Å². The maximum Gasteiger partial charge on any atom is 0.257 e. The molecular formula is C20H20N2OS2. The monoisotopic (exact) mass is 368 g/mol. The molecule has 0 aliphatic rings. The van der Waals surface area contributed by atoms with Crippen molar-refractivity contribution in [2.45, 2.75) is 25.7 Å². The van der Waals surface area contributed by atoms with E-state index in [2.05, 4.69) is 49.3 Å². The fraction of sp³-hybridized carbons (Fsp3) is 0.200. The molecule has 1 heterocycles. The van der Waals surface area contributed by atoms with Crippen LogP contribution in [0.3, 0.4) is 0 Å². The number of thioether (sulfide) groups is 1. The average Bonchev–Trinajstić information content (AvgIpc) is 3.06. The average molecular weight is 369 g/mol. The Balaban J connectivity index is 1.75. The van der Waals surface area contributed by atoms with Crippen LogP contribution in [-0.2, 0) is 0 Å². The lowest BCUT2D eigenvalue weighted by atomic mass is 10.1. The van der Waals surface area contributed by atoms with Crippen molar-refractivity contribution in [3.05, 3.63) is 64.5 Å². The Morgan fingerprint density at radius 3 is 2.76 bits per heavy atom. The summed E-state index contributed by atoms with van der Waals surface area (Å²) in [5.41, 5.74) is 5.11. The van der Waals surface area contributed by atoms with Crippen LogP contribution in [-0.4, -0.2) is 16.6 Å². The van der Waals surface area contributed by atoms with Crippen molar-refractivity contribution in [3.63, 3.8) is 0 Å². The van der Waals surface area contributed by atoms with Gasteiger partial charge in [0.2, 0.25) is 0 Å². The molecule has 0 atom stereocenters. The van der Waals surface area contributed by atoms with E-state index in [0.717, 1.165) is 21.9 Å². The number of amides is 1. The molecule has 0 saturated heterocycles. The summed E-state index contributed by atoms with van der Waals surface area (Å²) in [6.07, 6.45) is 0. The summed E-state index contributed by atoms with van der Waals surface area (Å²) in [6, 6.07) is 14.0. The maximum atomic E-state index is 12.5. The third-order valence-corrected chi connectivity index (χ3v) is 5.57. The Hall–Kier alpha value is -2.11. The van der Waals surface area contributed by atoms with Gasteiger partial charge in [-0.25, -0.2) is 4.98 Å². The predicted molar refractivity (Wildman–Crippen MR) is 108 cm³/mol. The first kappa shape index (κ1) is 17.7. The number of rotatable bonds is 5. The van der Waals surface area contributed by atoms with Crippen molar-refractivity contribution in [2.75, 3.05) is 11.1 Å². The largest absolute Gasteiger partial charge is 0.298 e. The molecular weight excluding hydrogens is 348 g/mol. The van der Waals surface area contributed by atoms with Crippen LogP contribution in [0.2, 0.25) is 0 Å². The molecule has 2 aromatic carbocycles. The number of benzene rings is 2. The predicted octanol–water partition coefficient (Wildman–Crippen LogP) is 5.79. The van der Waals surface area contributed by atoms with Gasteiger partial charge in [0.15, 0.2) is 5.13 Å². The fourth-order valence-corrected chi connectivity index (χ4v) is 3.86. The first-order valence-electron chi connectivity index (χ1n) is 8.14. The number of aryl methyl sites for hydroxylation is 2. The zero-order chi connectivity index (χ0) is 17.8. The minimum Gasteiger partial charge on any atom is -0.298 e. The van der Waals surface area contributed by atoms with E-state index < -0.39 is 0 Å². The van der Waals surface area contributed by atoms with Gasteiger partial charge in [0.25, 0.3) is 5.91 Å². The van der Waals surface area contributed by atoms with Crippen molar-refractivity contribution >= 4 is 34.1 Å². The smallest absolute Gasteiger partial charge is 0.257 e. The van der Waals surface area contributed by atoms with Gasteiger partial charge in [0, 0.05) is 21.4 Å². The summed E-state index contributed by atoms with van der Waals surface area (Å²) >= 11 is 3.17. The van der Waals surface area contributed by atoms with E-state index in [1.807, 2.05) is 29.6 Å². The lowest BCUT2D eigenvalue weighted by Crippen LogP contribution is -2.11.